The van der Waals surface area contributed by atoms with Crippen LogP contribution in [0.15, 0.2) is 72.8 Å². The fourth-order valence-electron chi connectivity index (χ4n) is 4.74. The summed E-state index contributed by atoms with van der Waals surface area (Å²) in [4.78, 5) is 16.8. The third-order valence-electron chi connectivity index (χ3n) is 6.68. The van der Waals surface area contributed by atoms with Crippen molar-refractivity contribution in [3.63, 3.8) is 0 Å². The maximum Gasteiger partial charge on any atom is 0.271 e. The van der Waals surface area contributed by atoms with Crippen molar-refractivity contribution in [3.8, 4) is 16.9 Å². The van der Waals surface area contributed by atoms with E-state index in [2.05, 4.69) is 61.7 Å². The number of hydrogen-bond acceptors (Lipinski definition) is 6. The molecular formula is C29H31N5O2. The SMILES string of the molecule is CCCNC(=O)c1ccc(N2CCN(Cc3ccc(-c4cccc(O)c4)c4ccccc34)CC2)nn1. The van der Waals surface area contributed by atoms with Gasteiger partial charge >= 0.3 is 0 Å². The minimum atomic E-state index is -0.178. The summed E-state index contributed by atoms with van der Waals surface area (Å²) < 4.78 is 0. The van der Waals surface area contributed by atoms with Crippen molar-refractivity contribution >= 4 is 22.5 Å². The predicted octanol–water partition coefficient (Wildman–Crippen LogP) is 4.46. The van der Waals surface area contributed by atoms with Crippen LogP contribution in [0, 0.1) is 0 Å². The Balaban J connectivity index is 1.26. The Kier molecular flexibility index (Phi) is 7.09. The Labute approximate surface area is 211 Å². The van der Waals surface area contributed by atoms with Gasteiger partial charge < -0.3 is 15.3 Å². The average molecular weight is 482 g/mol. The van der Waals surface area contributed by atoms with Crippen LogP contribution in [-0.2, 0) is 6.54 Å². The number of amides is 1. The Morgan fingerprint density at radius 1 is 0.917 bits per heavy atom. The smallest absolute Gasteiger partial charge is 0.271 e. The number of phenolic OH excluding ortho intramolecular Hbond substituents is 1. The Morgan fingerprint density at radius 3 is 2.44 bits per heavy atom. The van der Waals surface area contributed by atoms with Gasteiger partial charge in [0.25, 0.3) is 5.91 Å². The van der Waals surface area contributed by atoms with Crippen LogP contribution >= 0.6 is 0 Å². The number of benzene rings is 3. The quantitative estimate of drug-likeness (QED) is 0.406. The summed E-state index contributed by atoms with van der Waals surface area (Å²) in [6.45, 7) is 7.08. The van der Waals surface area contributed by atoms with Gasteiger partial charge in [-0.2, -0.15) is 0 Å². The van der Waals surface area contributed by atoms with Crippen LogP contribution in [0.4, 0.5) is 5.82 Å². The summed E-state index contributed by atoms with van der Waals surface area (Å²) in [6.07, 6.45) is 0.888. The molecule has 1 aliphatic rings. The van der Waals surface area contributed by atoms with E-state index >= 15 is 0 Å². The lowest BCUT2D eigenvalue weighted by Gasteiger charge is -2.35. The van der Waals surface area contributed by atoms with Crippen molar-refractivity contribution in [1.29, 1.82) is 0 Å². The Hall–Kier alpha value is -3.97. The van der Waals surface area contributed by atoms with Gasteiger partial charge in [0.2, 0.25) is 0 Å². The predicted molar refractivity (Wildman–Crippen MR) is 143 cm³/mol. The molecular weight excluding hydrogens is 450 g/mol. The zero-order valence-corrected chi connectivity index (χ0v) is 20.5. The molecule has 2 heterocycles. The number of piperazine rings is 1. The number of carbonyl (C=O) groups is 1. The molecule has 1 aliphatic heterocycles. The number of nitrogens with one attached hydrogen (secondary N) is 1. The Bertz CT molecular complexity index is 1350. The highest BCUT2D eigenvalue weighted by atomic mass is 16.3. The summed E-state index contributed by atoms with van der Waals surface area (Å²) >= 11 is 0. The minimum absolute atomic E-state index is 0.178. The number of anilines is 1. The van der Waals surface area contributed by atoms with Crippen molar-refractivity contribution in [2.75, 3.05) is 37.6 Å². The van der Waals surface area contributed by atoms with Crippen molar-refractivity contribution in [3.05, 3.63) is 84.1 Å². The zero-order valence-electron chi connectivity index (χ0n) is 20.5. The van der Waals surface area contributed by atoms with Gasteiger partial charge in [0.05, 0.1) is 0 Å². The van der Waals surface area contributed by atoms with E-state index in [9.17, 15) is 9.90 Å². The molecule has 0 atom stereocenters. The highest BCUT2D eigenvalue weighted by Gasteiger charge is 2.20. The average Bonchev–Trinajstić information content (AvgIpc) is 2.92. The summed E-state index contributed by atoms with van der Waals surface area (Å²) in [6, 6.07) is 23.9. The molecule has 0 unspecified atom stereocenters. The van der Waals surface area contributed by atoms with Gasteiger partial charge in [0, 0.05) is 39.3 Å². The second kappa shape index (κ2) is 10.7. The van der Waals surface area contributed by atoms with Crippen LogP contribution in [0.1, 0.15) is 29.4 Å². The standard InChI is InChI=1S/C29H31N5O2/c1-2-14-30-29(36)27-12-13-28(32-31-27)34-17-15-33(16-18-34)20-22-10-11-25(21-6-5-7-23(35)19-21)26-9-4-3-8-24(22)26/h3-13,19,35H,2,14-18,20H2,1H3,(H,30,36). The second-order valence-electron chi connectivity index (χ2n) is 9.16. The van der Waals surface area contributed by atoms with Crippen molar-refractivity contribution in [2.24, 2.45) is 0 Å². The number of phenols is 1. The first kappa shape index (κ1) is 23.8. The first-order valence-corrected chi connectivity index (χ1v) is 12.5. The lowest BCUT2D eigenvalue weighted by Crippen LogP contribution is -2.46. The highest BCUT2D eigenvalue weighted by Crippen LogP contribution is 2.33. The van der Waals surface area contributed by atoms with E-state index in [4.69, 9.17) is 0 Å². The third-order valence-corrected chi connectivity index (χ3v) is 6.68. The number of nitrogens with zero attached hydrogens (tertiary/aromatic N) is 4. The maximum atomic E-state index is 12.1. The molecule has 3 aromatic carbocycles. The van der Waals surface area contributed by atoms with Crippen molar-refractivity contribution in [2.45, 2.75) is 19.9 Å². The molecule has 0 aliphatic carbocycles. The molecule has 5 rings (SSSR count). The number of rotatable bonds is 7. The molecule has 0 spiro atoms. The van der Waals surface area contributed by atoms with Gasteiger partial charge in [-0.15, -0.1) is 10.2 Å². The van der Waals surface area contributed by atoms with E-state index in [1.165, 1.54) is 16.3 Å². The summed E-state index contributed by atoms with van der Waals surface area (Å²) in [5.74, 6) is 0.906. The molecule has 1 amide bonds. The number of fused-ring (bicyclic) bond motifs is 1. The Morgan fingerprint density at radius 2 is 1.72 bits per heavy atom. The fourth-order valence-corrected chi connectivity index (χ4v) is 4.74. The van der Waals surface area contributed by atoms with Crippen LogP contribution in [0.3, 0.4) is 0 Å². The lowest BCUT2D eigenvalue weighted by atomic mass is 9.94. The molecule has 1 saturated heterocycles. The second-order valence-corrected chi connectivity index (χ2v) is 9.16. The minimum Gasteiger partial charge on any atom is -0.508 e. The summed E-state index contributed by atoms with van der Waals surface area (Å²) in [5, 5.41) is 23.7. The van der Waals surface area contributed by atoms with Crippen LogP contribution in [0.25, 0.3) is 21.9 Å². The molecule has 7 heteroatoms. The van der Waals surface area contributed by atoms with E-state index in [1.54, 1.807) is 12.1 Å². The number of carbonyl (C=O) groups excluding carboxylic acids is 1. The normalized spacial score (nSPS) is 14.2. The number of hydrogen-bond donors (Lipinski definition) is 2. The number of aromatic nitrogens is 2. The maximum absolute atomic E-state index is 12.1. The molecule has 0 bridgehead atoms. The molecule has 2 N–H and O–H groups in total. The first-order valence-electron chi connectivity index (χ1n) is 12.5. The van der Waals surface area contributed by atoms with Gasteiger partial charge in [-0.05, 0) is 58.1 Å². The zero-order chi connectivity index (χ0) is 24.9. The van der Waals surface area contributed by atoms with Gasteiger partial charge in [-0.25, -0.2) is 0 Å². The third kappa shape index (κ3) is 5.16. The van der Waals surface area contributed by atoms with Crippen molar-refractivity contribution < 1.29 is 9.90 Å². The topological polar surface area (TPSA) is 81.6 Å². The van der Waals surface area contributed by atoms with Gasteiger partial charge in [0.1, 0.15) is 5.75 Å². The molecule has 4 aromatic rings. The molecule has 7 nitrogen and oxygen atoms in total. The molecule has 1 aromatic heterocycles. The fraction of sp³-hybridized carbons (Fsp3) is 0.276. The summed E-state index contributed by atoms with van der Waals surface area (Å²) in [5.41, 5.74) is 3.79. The highest BCUT2D eigenvalue weighted by molar-refractivity contribution is 5.98. The van der Waals surface area contributed by atoms with E-state index < -0.39 is 0 Å². The molecule has 36 heavy (non-hydrogen) atoms. The van der Waals surface area contributed by atoms with Gasteiger partial charge in [0.15, 0.2) is 11.5 Å². The van der Waals surface area contributed by atoms with Crippen LogP contribution in [-0.4, -0.2) is 58.8 Å². The van der Waals surface area contributed by atoms with Gasteiger partial charge in [-0.3, -0.25) is 9.69 Å². The van der Waals surface area contributed by atoms with Crippen molar-refractivity contribution in [1.82, 2.24) is 20.4 Å². The molecule has 184 valence electrons. The van der Waals surface area contributed by atoms with E-state index in [0.717, 1.165) is 56.1 Å². The van der Waals surface area contributed by atoms with Crippen LogP contribution in [0.5, 0.6) is 5.75 Å². The monoisotopic (exact) mass is 481 g/mol. The van der Waals surface area contributed by atoms with E-state index in [1.807, 2.05) is 31.2 Å². The number of aromatic hydroxyl groups is 1. The van der Waals surface area contributed by atoms with Crippen LogP contribution in [0.2, 0.25) is 0 Å². The first-order chi connectivity index (χ1) is 17.6. The van der Waals surface area contributed by atoms with E-state index in [0.29, 0.717) is 12.2 Å². The van der Waals surface area contributed by atoms with Gasteiger partial charge in [-0.1, -0.05) is 55.5 Å². The molecule has 1 fully saturated rings. The molecule has 0 radical (unpaired) electrons. The summed E-state index contributed by atoms with van der Waals surface area (Å²) in [7, 11) is 0. The van der Waals surface area contributed by atoms with Crippen LogP contribution < -0.4 is 10.2 Å². The largest absolute Gasteiger partial charge is 0.508 e. The van der Waals surface area contributed by atoms with E-state index in [-0.39, 0.29) is 11.7 Å². The lowest BCUT2D eigenvalue weighted by molar-refractivity contribution is 0.0947. The molecule has 0 saturated carbocycles.